The predicted molar refractivity (Wildman–Crippen MR) is 89.0 cm³/mol. The van der Waals surface area contributed by atoms with E-state index in [1.807, 2.05) is 12.1 Å². The molecule has 1 aliphatic heterocycles. The maximum atomic E-state index is 12.1. The van der Waals surface area contributed by atoms with Gasteiger partial charge in [-0.25, -0.2) is 9.97 Å². The molecule has 0 aliphatic carbocycles. The van der Waals surface area contributed by atoms with Gasteiger partial charge in [0.25, 0.3) is 5.91 Å². The van der Waals surface area contributed by atoms with Gasteiger partial charge in [-0.05, 0) is 58.9 Å². The molecule has 1 aliphatic rings. The van der Waals surface area contributed by atoms with Gasteiger partial charge in [0.1, 0.15) is 10.3 Å². The second-order valence-corrected chi connectivity index (χ2v) is 6.16. The normalized spacial score (nSPS) is 18.0. The SMILES string of the molecule is O=C(Nc1ccc(C2CCCNC2)cc1)c1cnc(Br)cn1. The van der Waals surface area contributed by atoms with Crippen LogP contribution in [0, 0.1) is 0 Å². The van der Waals surface area contributed by atoms with Gasteiger partial charge in [-0.1, -0.05) is 12.1 Å². The van der Waals surface area contributed by atoms with Crippen molar-refractivity contribution in [1.29, 1.82) is 0 Å². The van der Waals surface area contributed by atoms with Gasteiger partial charge in [0.2, 0.25) is 0 Å². The maximum absolute atomic E-state index is 12.1. The first-order chi connectivity index (χ1) is 10.7. The summed E-state index contributed by atoms with van der Waals surface area (Å²) in [7, 11) is 0. The summed E-state index contributed by atoms with van der Waals surface area (Å²) >= 11 is 3.20. The zero-order valence-electron chi connectivity index (χ0n) is 12.1. The fourth-order valence-electron chi connectivity index (χ4n) is 2.60. The van der Waals surface area contributed by atoms with Crippen molar-refractivity contribution in [1.82, 2.24) is 15.3 Å². The van der Waals surface area contributed by atoms with Crippen LogP contribution in [0.2, 0.25) is 0 Å². The van der Waals surface area contributed by atoms with E-state index in [1.54, 1.807) is 0 Å². The van der Waals surface area contributed by atoms with Crippen molar-refractivity contribution in [2.24, 2.45) is 0 Å². The average Bonchev–Trinajstić information content (AvgIpc) is 2.57. The smallest absolute Gasteiger partial charge is 0.275 e. The summed E-state index contributed by atoms with van der Waals surface area (Å²) in [6, 6.07) is 8.04. The van der Waals surface area contributed by atoms with E-state index in [2.05, 4.69) is 48.7 Å². The molecule has 6 heteroatoms. The number of piperidine rings is 1. The summed E-state index contributed by atoms with van der Waals surface area (Å²) < 4.78 is 0.606. The molecule has 1 amide bonds. The van der Waals surface area contributed by atoms with Gasteiger partial charge in [0.05, 0.1) is 12.4 Å². The lowest BCUT2D eigenvalue weighted by Gasteiger charge is -2.23. The minimum atomic E-state index is -0.257. The molecule has 0 spiro atoms. The number of benzene rings is 1. The highest BCUT2D eigenvalue weighted by Gasteiger charge is 2.15. The number of aromatic nitrogens is 2. The molecular formula is C16H17BrN4O. The maximum Gasteiger partial charge on any atom is 0.275 e. The number of hydrogen-bond donors (Lipinski definition) is 2. The van der Waals surface area contributed by atoms with Crippen LogP contribution in [-0.2, 0) is 0 Å². The number of rotatable bonds is 3. The lowest BCUT2D eigenvalue weighted by atomic mass is 9.92. The van der Waals surface area contributed by atoms with E-state index >= 15 is 0 Å². The monoisotopic (exact) mass is 360 g/mol. The first-order valence-electron chi connectivity index (χ1n) is 7.32. The highest BCUT2D eigenvalue weighted by Crippen LogP contribution is 2.24. The van der Waals surface area contributed by atoms with Crippen molar-refractivity contribution in [2.75, 3.05) is 18.4 Å². The van der Waals surface area contributed by atoms with Crippen LogP contribution >= 0.6 is 15.9 Å². The Balaban J connectivity index is 1.65. The lowest BCUT2D eigenvalue weighted by Crippen LogP contribution is -2.28. The van der Waals surface area contributed by atoms with Crippen LogP contribution in [0.5, 0.6) is 0 Å². The van der Waals surface area contributed by atoms with Crippen molar-refractivity contribution >= 4 is 27.5 Å². The zero-order chi connectivity index (χ0) is 15.4. The van der Waals surface area contributed by atoms with E-state index in [1.165, 1.54) is 30.8 Å². The number of carbonyl (C=O) groups is 1. The molecule has 2 heterocycles. The molecule has 1 fully saturated rings. The van der Waals surface area contributed by atoms with Crippen molar-refractivity contribution in [2.45, 2.75) is 18.8 Å². The molecule has 0 radical (unpaired) electrons. The fraction of sp³-hybridized carbons (Fsp3) is 0.312. The van der Waals surface area contributed by atoms with Gasteiger partial charge in [0, 0.05) is 12.2 Å². The van der Waals surface area contributed by atoms with E-state index in [4.69, 9.17) is 0 Å². The largest absolute Gasteiger partial charge is 0.321 e. The lowest BCUT2D eigenvalue weighted by molar-refractivity contribution is 0.102. The third kappa shape index (κ3) is 3.69. The molecule has 114 valence electrons. The third-order valence-corrected chi connectivity index (χ3v) is 4.20. The Kier molecular flexibility index (Phi) is 4.80. The van der Waals surface area contributed by atoms with Crippen LogP contribution in [0.25, 0.3) is 0 Å². The summed E-state index contributed by atoms with van der Waals surface area (Å²) in [5.74, 6) is 0.308. The molecule has 22 heavy (non-hydrogen) atoms. The second-order valence-electron chi connectivity index (χ2n) is 5.34. The Labute approximate surface area is 137 Å². The summed E-state index contributed by atoms with van der Waals surface area (Å²) in [6.45, 7) is 2.14. The minimum absolute atomic E-state index is 0.257. The van der Waals surface area contributed by atoms with Gasteiger partial charge in [-0.2, -0.15) is 0 Å². The first-order valence-corrected chi connectivity index (χ1v) is 8.11. The molecule has 5 nitrogen and oxygen atoms in total. The van der Waals surface area contributed by atoms with E-state index in [-0.39, 0.29) is 5.91 Å². The van der Waals surface area contributed by atoms with Crippen LogP contribution in [0.3, 0.4) is 0 Å². The molecule has 3 rings (SSSR count). The Morgan fingerprint density at radius 1 is 1.23 bits per heavy atom. The Morgan fingerprint density at radius 3 is 2.68 bits per heavy atom. The Bertz CT molecular complexity index is 636. The fourth-order valence-corrected chi connectivity index (χ4v) is 2.80. The average molecular weight is 361 g/mol. The summed E-state index contributed by atoms with van der Waals surface area (Å²) in [5.41, 5.74) is 2.37. The van der Waals surface area contributed by atoms with E-state index in [9.17, 15) is 4.79 Å². The van der Waals surface area contributed by atoms with Crippen molar-refractivity contribution in [3.8, 4) is 0 Å². The summed E-state index contributed by atoms with van der Waals surface area (Å²) in [4.78, 5) is 20.1. The molecule has 0 saturated carbocycles. The topological polar surface area (TPSA) is 66.9 Å². The van der Waals surface area contributed by atoms with E-state index < -0.39 is 0 Å². The van der Waals surface area contributed by atoms with Crippen LogP contribution in [0.1, 0.15) is 34.8 Å². The number of amides is 1. The molecule has 1 saturated heterocycles. The molecular weight excluding hydrogens is 344 g/mol. The summed E-state index contributed by atoms with van der Waals surface area (Å²) in [5, 5.41) is 6.25. The highest BCUT2D eigenvalue weighted by molar-refractivity contribution is 9.10. The van der Waals surface area contributed by atoms with Crippen molar-refractivity contribution in [3.63, 3.8) is 0 Å². The van der Waals surface area contributed by atoms with Crippen molar-refractivity contribution < 1.29 is 4.79 Å². The second kappa shape index (κ2) is 6.98. The van der Waals surface area contributed by atoms with Crippen LogP contribution in [0.15, 0.2) is 41.3 Å². The van der Waals surface area contributed by atoms with Crippen molar-refractivity contribution in [3.05, 3.63) is 52.5 Å². The van der Waals surface area contributed by atoms with Crippen LogP contribution < -0.4 is 10.6 Å². The zero-order valence-corrected chi connectivity index (χ0v) is 13.6. The van der Waals surface area contributed by atoms with Crippen LogP contribution in [-0.4, -0.2) is 29.0 Å². The van der Waals surface area contributed by atoms with E-state index in [0.29, 0.717) is 16.2 Å². The number of carbonyl (C=O) groups excluding carboxylic acids is 1. The molecule has 1 aromatic heterocycles. The first kappa shape index (κ1) is 15.1. The number of anilines is 1. The Hall–Kier alpha value is -1.79. The standard InChI is InChI=1S/C16H17BrN4O/c17-15-10-19-14(9-20-15)16(22)21-13-5-3-11(4-6-13)12-2-1-7-18-8-12/h3-6,9-10,12,18H,1-2,7-8H2,(H,21,22). The Morgan fingerprint density at radius 2 is 2.05 bits per heavy atom. The van der Waals surface area contributed by atoms with Gasteiger partial charge in [0.15, 0.2) is 0 Å². The molecule has 0 bridgehead atoms. The predicted octanol–water partition coefficient (Wildman–Crippen LogP) is 2.96. The number of nitrogens with one attached hydrogen (secondary N) is 2. The van der Waals surface area contributed by atoms with Gasteiger partial charge in [-0.15, -0.1) is 0 Å². The molecule has 1 aromatic carbocycles. The van der Waals surface area contributed by atoms with Gasteiger partial charge in [-0.3, -0.25) is 4.79 Å². The highest BCUT2D eigenvalue weighted by atomic mass is 79.9. The quantitative estimate of drug-likeness (QED) is 0.882. The molecule has 1 atom stereocenters. The van der Waals surface area contributed by atoms with Gasteiger partial charge < -0.3 is 10.6 Å². The summed E-state index contributed by atoms with van der Waals surface area (Å²) in [6.07, 6.45) is 5.38. The minimum Gasteiger partial charge on any atom is -0.321 e. The van der Waals surface area contributed by atoms with Crippen LogP contribution in [0.4, 0.5) is 5.69 Å². The number of hydrogen-bond acceptors (Lipinski definition) is 4. The molecule has 2 aromatic rings. The van der Waals surface area contributed by atoms with Gasteiger partial charge >= 0.3 is 0 Å². The number of halogens is 1. The molecule has 1 unspecified atom stereocenters. The number of nitrogens with zero attached hydrogens (tertiary/aromatic N) is 2. The molecule has 2 N–H and O–H groups in total. The van der Waals surface area contributed by atoms with E-state index in [0.717, 1.165) is 18.8 Å². The third-order valence-electron chi connectivity index (χ3n) is 3.79.